The summed E-state index contributed by atoms with van der Waals surface area (Å²) >= 11 is 0. The van der Waals surface area contributed by atoms with Crippen LogP contribution in [0.5, 0.6) is 0 Å². The maximum absolute atomic E-state index is 11.5. The van der Waals surface area contributed by atoms with E-state index in [1.807, 2.05) is 13.8 Å². The van der Waals surface area contributed by atoms with Crippen molar-refractivity contribution in [2.24, 2.45) is 0 Å². The Balaban J connectivity index is 4.47. The second kappa shape index (κ2) is 10.2. The number of hydrogen-bond acceptors (Lipinski definition) is 3. The first-order valence-corrected chi connectivity index (χ1v) is 8.09. The van der Waals surface area contributed by atoms with E-state index in [4.69, 9.17) is 0 Å². The van der Waals surface area contributed by atoms with Crippen molar-refractivity contribution < 1.29 is 9.90 Å². The smallest absolute Gasteiger partial charge is 0.323 e. The number of unbranched alkanes of at least 4 members (excludes halogenated alkanes) is 2. The molecule has 0 aromatic heterocycles. The lowest BCUT2D eigenvalue weighted by Gasteiger charge is -2.31. The van der Waals surface area contributed by atoms with Gasteiger partial charge in [-0.2, -0.15) is 0 Å². The monoisotopic (exact) mass is 286 g/mol. The zero-order chi connectivity index (χ0) is 15.6. The summed E-state index contributed by atoms with van der Waals surface area (Å²) in [5.41, 5.74) is -0.829. The molecule has 0 saturated heterocycles. The van der Waals surface area contributed by atoms with E-state index < -0.39 is 11.5 Å². The normalized spacial score (nSPS) is 14.8. The van der Waals surface area contributed by atoms with Gasteiger partial charge < -0.3 is 10.0 Å². The van der Waals surface area contributed by atoms with Crippen LogP contribution in [0.1, 0.15) is 66.7 Å². The molecule has 1 atom stereocenters. The van der Waals surface area contributed by atoms with Crippen LogP contribution in [0.15, 0.2) is 0 Å². The van der Waals surface area contributed by atoms with E-state index in [0.717, 1.165) is 19.6 Å². The Morgan fingerprint density at radius 2 is 1.65 bits per heavy atom. The Morgan fingerprint density at radius 3 is 2.00 bits per heavy atom. The van der Waals surface area contributed by atoms with Crippen LogP contribution in [0.2, 0.25) is 0 Å². The van der Waals surface area contributed by atoms with Gasteiger partial charge >= 0.3 is 5.97 Å². The van der Waals surface area contributed by atoms with E-state index in [2.05, 4.69) is 24.1 Å². The molecule has 120 valence electrons. The van der Waals surface area contributed by atoms with Gasteiger partial charge in [0.15, 0.2) is 0 Å². The zero-order valence-electron chi connectivity index (χ0n) is 14.0. The molecule has 0 heterocycles. The van der Waals surface area contributed by atoms with E-state index in [0.29, 0.717) is 6.42 Å². The van der Waals surface area contributed by atoms with E-state index in [9.17, 15) is 9.90 Å². The zero-order valence-corrected chi connectivity index (χ0v) is 14.0. The Bertz CT molecular complexity index is 261. The molecule has 0 rings (SSSR count). The van der Waals surface area contributed by atoms with Gasteiger partial charge in [0, 0.05) is 12.6 Å². The molecule has 0 aliphatic rings. The molecule has 0 bridgehead atoms. The average molecular weight is 286 g/mol. The largest absolute Gasteiger partial charge is 0.480 e. The molecule has 0 saturated carbocycles. The molecule has 4 heteroatoms. The van der Waals surface area contributed by atoms with Crippen molar-refractivity contribution in [2.45, 2.75) is 78.3 Å². The van der Waals surface area contributed by atoms with Gasteiger partial charge in [-0.3, -0.25) is 10.1 Å². The highest BCUT2D eigenvalue weighted by Gasteiger charge is 2.33. The number of aliphatic carboxylic acids is 1. The maximum atomic E-state index is 11.5. The fourth-order valence-electron chi connectivity index (χ4n) is 2.36. The average Bonchev–Trinajstić information content (AvgIpc) is 2.36. The van der Waals surface area contributed by atoms with Crippen LogP contribution in [0.25, 0.3) is 0 Å². The lowest BCUT2D eigenvalue weighted by molar-refractivity contribution is -0.145. The molecule has 20 heavy (non-hydrogen) atoms. The Morgan fingerprint density at radius 1 is 1.15 bits per heavy atom. The van der Waals surface area contributed by atoms with Crippen molar-refractivity contribution in [1.82, 2.24) is 10.2 Å². The quantitative estimate of drug-likeness (QED) is 0.579. The van der Waals surface area contributed by atoms with Crippen molar-refractivity contribution in [3.8, 4) is 0 Å². The highest BCUT2D eigenvalue weighted by Crippen LogP contribution is 2.13. The molecule has 1 unspecified atom stereocenters. The van der Waals surface area contributed by atoms with Crippen LogP contribution in [-0.4, -0.2) is 47.2 Å². The summed E-state index contributed by atoms with van der Waals surface area (Å²) in [6.07, 6.45) is 5.39. The van der Waals surface area contributed by atoms with Crippen LogP contribution in [0.3, 0.4) is 0 Å². The van der Waals surface area contributed by atoms with Crippen molar-refractivity contribution in [1.29, 1.82) is 0 Å². The van der Waals surface area contributed by atoms with Gasteiger partial charge in [-0.25, -0.2) is 0 Å². The van der Waals surface area contributed by atoms with Crippen LogP contribution < -0.4 is 5.32 Å². The molecule has 0 aliphatic carbocycles. The molecule has 2 N–H and O–H groups in total. The van der Waals surface area contributed by atoms with Gasteiger partial charge in [0.25, 0.3) is 0 Å². The highest BCUT2D eigenvalue weighted by molar-refractivity contribution is 5.78. The van der Waals surface area contributed by atoms with Gasteiger partial charge in [0.2, 0.25) is 0 Å². The first-order chi connectivity index (χ1) is 9.35. The number of nitrogens with zero attached hydrogens (tertiary/aromatic N) is 1. The van der Waals surface area contributed by atoms with Gasteiger partial charge in [-0.05, 0) is 53.1 Å². The van der Waals surface area contributed by atoms with Crippen LogP contribution in [-0.2, 0) is 4.79 Å². The topological polar surface area (TPSA) is 52.6 Å². The third-order valence-corrected chi connectivity index (χ3v) is 3.66. The van der Waals surface area contributed by atoms with Crippen LogP contribution in [0.4, 0.5) is 0 Å². The summed E-state index contributed by atoms with van der Waals surface area (Å²) in [6, 6.07) is 0.177. The number of carboxylic acids is 1. The Kier molecular flexibility index (Phi) is 9.86. The van der Waals surface area contributed by atoms with Crippen LogP contribution >= 0.6 is 0 Å². The standard InChI is InChI=1S/C16H34N2O2/c1-6-8-11-18(12-9-7-2)13-10-16(5,15(19)20)17-14(3)4/h14,17H,6-13H2,1-5H3,(H,19,20). The summed E-state index contributed by atoms with van der Waals surface area (Å²) in [5, 5.41) is 12.7. The second-order valence-corrected chi connectivity index (χ2v) is 6.24. The molecule has 0 amide bonds. The summed E-state index contributed by atoms with van der Waals surface area (Å²) < 4.78 is 0. The van der Waals surface area contributed by atoms with Gasteiger partial charge in [-0.1, -0.05) is 26.7 Å². The molecule has 4 nitrogen and oxygen atoms in total. The third kappa shape index (κ3) is 7.85. The number of carboxylic acid groups (broad SMARTS) is 1. The highest BCUT2D eigenvalue weighted by atomic mass is 16.4. The van der Waals surface area contributed by atoms with Crippen LogP contribution in [0, 0.1) is 0 Å². The van der Waals surface area contributed by atoms with E-state index in [1.165, 1.54) is 25.7 Å². The first kappa shape index (κ1) is 19.4. The molecular formula is C16H34N2O2. The fourth-order valence-corrected chi connectivity index (χ4v) is 2.36. The predicted molar refractivity (Wildman–Crippen MR) is 85.2 cm³/mol. The number of nitrogens with one attached hydrogen (secondary N) is 1. The van der Waals surface area contributed by atoms with Crippen molar-refractivity contribution >= 4 is 5.97 Å². The third-order valence-electron chi connectivity index (χ3n) is 3.66. The molecule has 0 aromatic rings. The lowest BCUT2D eigenvalue weighted by Crippen LogP contribution is -2.54. The molecule has 0 aromatic carbocycles. The summed E-state index contributed by atoms with van der Waals surface area (Å²) in [4.78, 5) is 13.9. The summed E-state index contributed by atoms with van der Waals surface area (Å²) in [5.74, 6) is -0.753. The minimum Gasteiger partial charge on any atom is -0.480 e. The second-order valence-electron chi connectivity index (χ2n) is 6.24. The van der Waals surface area contributed by atoms with Gasteiger partial charge in [-0.15, -0.1) is 0 Å². The van der Waals surface area contributed by atoms with E-state index in [-0.39, 0.29) is 6.04 Å². The lowest BCUT2D eigenvalue weighted by atomic mass is 9.96. The van der Waals surface area contributed by atoms with E-state index >= 15 is 0 Å². The van der Waals surface area contributed by atoms with Gasteiger partial charge in [0.05, 0.1) is 0 Å². The number of carbonyl (C=O) groups is 1. The fraction of sp³-hybridized carbons (Fsp3) is 0.938. The minimum atomic E-state index is -0.829. The van der Waals surface area contributed by atoms with E-state index in [1.54, 1.807) is 6.92 Å². The summed E-state index contributed by atoms with van der Waals surface area (Å²) in [6.45, 7) is 13.2. The Hall–Kier alpha value is -0.610. The van der Waals surface area contributed by atoms with Crippen molar-refractivity contribution in [3.05, 3.63) is 0 Å². The van der Waals surface area contributed by atoms with Crippen molar-refractivity contribution in [3.63, 3.8) is 0 Å². The SMILES string of the molecule is CCCCN(CCCC)CCC(C)(NC(C)C)C(=O)O. The molecule has 0 spiro atoms. The number of hydrogen-bond donors (Lipinski definition) is 2. The first-order valence-electron chi connectivity index (χ1n) is 8.09. The summed E-state index contributed by atoms with van der Waals surface area (Å²) in [7, 11) is 0. The molecular weight excluding hydrogens is 252 g/mol. The molecule has 0 fully saturated rings. The minimum absolute atomic E-state index is 0.177. The number of rotatable bonds is 12. The van der Waals surface area contributed by atoms with Gasteiger partial charge in [0.1, 0.15) is 5.54 Å². The molecule has 0 radical (unpaired) electrons. The Labute approximate surface area is 124 Å². The molecule has 0 aliphatic heterocycles. The maximum Gasteiger partial charge on any atom is 0.323 e. The predicted octanol–water partition coefficient (Wildman–Crippen LogP) is 3.12. The van der Waals surface area contributed by atoms with Crippen molar-refractivity contribution in [2.75, 3.05) is 19.6 Å².